The summed E-state index contributed by atoms with van der Waals surface area (Å²) < 4.78 is 0. The Morgan fingerprint density at radius 2 is 1.96 bits per heavy atom. The Hall–Kier alpha value is -3.42. The lowest BCUT2D eigenvalue weighted by Crippen LogP contribution is -2.26. The summed E-state index contributed by atoms with van der Waals surface area (Å²) in [6, 6.07) is 7.32. The molecule has 0 aliphatic carbocycles. The summed E-state index contributed by atoms with van der Waals surface area (Å²) in [6.45, 7) is 0.867. The van der Waals surface area contributed by atoms with Gasteiger partial charge in [0.05, 0.1) is 17.9 Å². The molecule has 1 unspecified atom stereocenters. The van der Waals surface area contributed by atoms with Crippen molar-refractivity contribution in [3.8, 4) is 0 Å². The van der Waals surface area contributed by atoms with Gasteiger partial charge in [0.15, 0.2) is 5.82 Å². The number of hydrogen-bond donors (Lipinski definition) is 1. The van der Waals surface area contributed by atoms with Crippen LogP contribution in [0, 0.1) is 0 Å². The van der Waals surface area contributed by atoms with Crippen molar-refractivity contribution >= 4 is 17.7 Å². The number of nitrogens with one attached hydrogen (secondary N) is 1. The zero-order chi connectivity index (χ0) is 17.8. The predicted molar refractivity (Wildman–Crippen MR) is 95.6 cm³/mol. The number of anilines is 2. The number of carbonyl (C=O) groups excluding carboxylic acids is 1. The van der Waals surface area contributed by atoms with Gasteiger partial charge in [0.25, 0.3) is 5.91 Å². The molecule has 1 aliphatic heterocycles. The Bertz CT molecular complexity index is 888. The van der Waals surface area contributed by atoms with E-state index >= 15 is 0 Å². The predicted octanol–water partition coefficient (Wildman–Crippen LogP) is 2.26. The van der Waals surface area contributed by atoms with Gasteiger partial charge >= 0.3 is 0 Å². The second-order valence-corrected chi connectivity index (χ2v) is 5.89. The average molecular weight is 347 g/mol. The topological polar surface area (TPSA) is 96.8 Å². The van der Waals surface area contributed by atoms with Crippen LogP contribution in [0.2, 0.25) is 0 Å². The molecule has 3 aromatic heterocycles. The van der Waals surface area contributed by atoms with E-state index in [1.54, 1.807) is 30.7 Å². The van der Waals surface area contributed by atoms with Gasteiger partial charge in [-0.25, -0.2) is 19.9 Å². The number of aromatic nitrogens is 5. The average Bonchev–Trinajstić information content (AvgIpc) is 3.19. The van der Waals surface area contributed by atoms with E-state index in [1.807, 2.05) is 12.1 Å². The summed E-state index contributed by atoms with van der Waals surface area (Å²) in [7, 11) is 0. The smallest absolute Gasteiger partial charge is 0.275 e. The first-order valence-corrected chi connectivity index (χ1v) is 8.39. The maximum Gasteiger partial charge on any atom is 0.275 e. The molecule has 1 atom stereocenters. The lowest BCUT2D eigenvalue weighted by atomic mass is 10.1. The van der Waals surface area contributed by atoms with Crippen molar-refractivity contribution in [2.45, 2.75) is 18.9 Å². The zero-order valence-corrected chi connectivity index (χ0v) is 14.0. The highest BCUT2D eigenvalue weighted by Gasteiger charge is 2.29. The molecule has 1 fully saturated rings. The largest absolute Gasteiger partial charge is 0.332 e. The third-order valence-corrected chi connectivity index (χ3v) is 4.21. The van der Waals surface area contributed by atoms with Crippen LogP contribution in [0.1, 0.15) is 35.1 Å². The van der Waals surface area contributed by atoms with E-state index in [9.17, 15) is 4.79 Å². The van der Waals surface area contributed by atoms with Crippen LogP contribution < -0.4 is 10.2 Å². The van der Waals surface area contributed by atoms with Crippen molar-refractivity contribution in [1.29, 1.82) is 0 Å². The molecule has 8 nitrogen and oxygen atoms in total. The summed E-state index contributed by atoms with van der Waals surface area (Å²) in [5.74, 6) is 0.768. The van der Waals surface area contributed by atoms with Crippen molar-refractivity contribution in [2.24, 2.45) is 0 Å². The maximum atomic E-state index is 12.5. The fraction of sp³-hybridized carbons (Fsp3) is 0.222. The van der Waals surface area contributed by atoms with Gasteiger partial charge in [0, 0.05) is 31.3 Å². The number of hydrogen-bond acceptors (Lipinski definition) is 7. The molecule has 0 bridgehead atoms. The van der Waals surface area contributed by atoms with Gasteiger partial charge in [-0.1, -0.05) is 6.07 Å². The van der Waals surface area contributed by atoms with Crippen LogP contribution in [0.4, 0.5) is 11.8 Å². The Balaban J connectivity index is 1.56. The van der Waals surface area contributed by atoms with Gasteiger partial charge in [0.2, 0.25) is 5.95 Å². The van der Waals surface area contributed by atoms with Gasteiger partial charge < -0.3 is 10.2 Å². The van der Waals surface area contributed by atoms with Gasteiger partial charge in [-0.2, -0.15) is 0 Å². The SMILES string of the molecule is O=C(Nc1cnccn1)c1cccc(C2CCCN2c2ncccn2)n1. The van der Waals surface area contributed by atoms with Gasteiger partial charge in [-0.15, -0.1) is 0 Å². The van der Waals surface area contributed by atoms with Crippen molar-refractivity contribution in [3.63, 3.8) is 0 Å². The molecule has 4 heterocycles. The van der Waals surface area contributed by atoms with E-state index in [2.05, 4.69) is 35.1 Å². The molecule has 1 aliphatic rings. The van der Waals surface area contributed by atoms with Gasteiger partial charge in [0.1, 0.15) is 5.69 Å². The molecule has 3 aromatic rings. The standard InChI is InChI=1S/C18H17N7O/c26-17(24-16-12-19-9-10-20-16)14-5-1-4-13(23-14)15-6-2-11-25(15)18-21-7-3-8-22-18/h1,3-5,7-10,12,15H,2,6,11H2,(H,20,24,26). The normalized spacial score (nSPS) is 16.5. The summed E-state index contributed by atoms with van der Waals surface area (Å²) in [6.07, 6.45) is 10.0. The van der Waals surface area contributed by atoms with Crippen molar-refractivity contribution < 1.29 is 4.79 Å². The number of pyridine rings is 1. The monoisotopic (exact) mass is 347 g/mol. The van der Waals surface area contributed by atoms with Crippen LogP contribution in [0.25, 0.3) is 0 Å². The first kappa shape index (κ1) is 16.1. The second-order valence-electron chi connectivity index (χ2n) is 5.89. The van der Waals surface area contributed by atoms with Crippen LogP contribution in [-0.4, -0.2) is 37.4 Å². The van der Waals surface area contributed by atoms with Gasteiger partial charge in [-0.05, 0) is 31.0 Å². The minimum absolute atomic E-state index is 0.0571. The fourth-order valence-corrected chi connectivity index (χ4v) is 3.06. The van der Waals surface area contributed by atoms with Crippen LogP contribution in [0.15, 0.2) is 55.2 Å². The van der Waals surface area contributed by atoms with Crippen LogP contribution >= 0.6 is 0 Å². The number of nitrogens with zero attached hydrogens (tertiary/aromatic N) is 6. The third-order valence-electron chi connectivity index (χ3n) is 4.21. The van der Waals surface area contributed by atoms with E-state index in [0.29, 0.717) is 17.5 Å². The summed E-state index contributed by atoms with van der Waals surface area (Å²) in [4.78, 5) is 35.8. The molecule has 1 saturated heterocycles. The highest BCUT2D eigenvalue weighted by Crippen LogP contribution is 2.33. The minimum atomic E-state index is -0.312. The molecule has 1 N–H and O–H groups in total. The molecule has 26 heavy (non-hydrogen) atoms. The molecule has 0 aromatic carbocycles. The van der Waals surface area contributed by atoms with E-state index in [4.69, 9.17) is 0 Å². The number of carbonyl (C=O) groups is 1. The van der Waals surface area contributed by atoms with Crippen molar-refractivity contribution in [3.05, 3.63) is 66.6 Å². The zero-order valence-electron chi connectivity index (χ0n) is 14.0. The number of amides is 1. The summed E-state index contributed by atoms with van der Waals surface area (Å²) in [5, 5.41) is 2.71. The van der Waals surface area contributed by atoms with Gasteiger partial charge in [-0.3, -0.25) is 9.78 Å². The molecule has 130 valence electrons. The molecular formula is C18H17N7O. The van der Waals surface area contributed by atoms with Crippen LogP contribution in [0.5, 0.6) is 0 Å². The summed E-state index contributed by atoms with van der Waals surface area (Å²) >= 11 is 0. The third kappa shape index (κ3) is 3.34. The first-order chi connectivity index (χ1) is 12.8. The molecular weight excluding hydrogens is 330 g/mol. The highest BCUT2D eigenvalue weighted by atomic mass is 16.1. The van der Waals surface area contributed by atoms with Crippen LogP contribution in [-0.2, 0) is 0 Å². The molecule has 4 rings (SSSR count). The lowest BCUT2D eigenvalue weighted by molar-refractivity contribution is 0.102. The maximum absolute atomic E-state index is 12.5. The summed E-state index contributed by atoms with van der Waals surface area (Å²) in [5.41, 5.74) is 1.18. The molecule has 0 saturated carbocycles. The van der Waals surface area contributed by atoms with Crippen molar-refractivity contribution in [1.82, 2.24) is 24.9 Å². The first-order valence-electron chi connectivity index (χ1n) is 8.39. The quantitative estimate of drug-likeness (QED) is 0.773. The Labute approximate surface area is 150 Å². The molecule has 0 spiro atoms. The lowest BCUT2D eigenvalue weighted by Gasteiger charge is -2.24. The highest BCUT2D eigenvalue weighted by molar-refractivity contribution is 6.02. The minimum Gasteiger partial charge on any atom is -0.332 e. The van der Waals surface area contributed by atoms with E-state index in [1.165, 1.54) is 12.4 Å². The fourth-order valence-electron chi connectivity index (χ4n) is 3.06. The second kappa shape index (κ2) is 7.22. The van der Waals surface area contributed by atoms with E-state index in [0.717, 1.165) is 25.1 Å². The molecule has 8 heteroatoms. The van der Waals surface area contributed by atoms with E-state index in [-0.39, 0.29) is 11.9 Å². The van der Waals surface area contributed by atoms with Crippen molar-refractivity contribution in [2.75, 3.05) is 16.8 Å². The Morgan fingerprint density at radius 1 is 1.08 bits per heavy atom. The molecule has 0 radical (unpaired) electrons. The van der Waals surface area contributed by atoms with Crippen LogP contribution in [0.3, 0.4) is 0 Å². The van der Waals surface area contributed by atoms with E-state index < -0.39 is 0 Å². The number of rotatable bonds is 4. The molecule has 1 amide bonds. The Morgan fingerprint density at radius 3 is 2.77 bits per heavy atom. The Kier molecular flexibility index (Phi) is 4.46.